The molecule has 2 aromatic heterocycles. The second kappa shape index (κ2) is 6.50. The molecule has 0 aliphatic heterocycles. The molecule has 0 fully saturated rings. The summed E-state index contributed by atoms with van der Waals surface area (Å²) >= 11 is 5.28. The third-order valence-corrected chi connectivity index (χ3v) is 4.48. The average Bonchev–Trinajstić information content (AvgIpc) is 2.96. The van der Waals surface area contributed by atoms with Crippen LogP contribution in [0.15, 0.2) is 28.3 Å². The van der Waals surface area contributed by atoms with Gasteiger partial charge in [0, 0.05) is 33.0 Å². The number of halogens is 1. The molecule has 0 radical (unpaired) electrons. The Balaban J connectivity index is 2.23. The summed E-state index contributed by atoms with van der Waals surface area (Å²) in [7, 11) is 0. The van der Waals surface area contributed by atoms with E-state index in [1.807, 2.05) is 10.9 Å². The fraction of sp³-hybridized carbons (Fsp3) is 0.462. The molecule has 98 valence electrons. The Hall–Kier alpha value is -0.650. The maximum atomic E-state index is 4.41. The van der Waals surface area contributed by atoms with E-state index in [-0.39, 0.29) is 6.04 Å². The van der Waals surface area contributed by atoms with Crippen LogP contribution in [-0.2, 0) is 6.54 Å². The molecule has 2 rings (SSSR count). The van der Waals surface area contributed by atoms with Crippen molar-refractivity contribution in [2.45, 2.75) is 32.9 Å². The van der Waals surface area contributed by atoms with Gasteiger partial charge >= 0.3 is 0 Å². The summed E-state index contributed by atoms with van der Waals surface area (Å²) in [6.07, 6.45) is 5.22. The molecule has 1 atom stereocenters. The predicted octanol–water partition coefficient (Wildman–Crippen LogP) is 3.82. The summed E-state index contributed by atoms with van der Waals surface area (Å²) in [5.41, 5.74) is 1.24. The van der Waals surface area contributed by atoms with Gasteiger partial charge in [0.15, 0.2) is 0 Å². The molecule has 0 spiro atoms. The van der Waals surface area contributed by atoms with Crippen LogP contribution in [0.5, 0.6) is 0 Å². The van der Waals surface area contributed by atoms with E-state index in [1.54, 1.807) is 11.3 Å². The minimum Gasteiger partial charge on any atom is -0.306 e. The number of aromatic nitrogens is 2. The molecule has 0 amide bonds. The maximum absolute atomic E-state index is 4.41. The number of rotatable bonds is 6. The second-order valence-corrected chi connectivity index (χ2v) is 6.05. The van der Waals surface area contributed by atoms with Gasteiger partial charge in [0.05, 0.1) is 12.2 Å². The first-order valence-corrected chi connectivity index (χ1v) is 7.91. The van der Waals surface area contributed by atoms with Crippen LogP contribution >= 0.6 is 27.3 Å². The van der Waals surface area contributed by atoms with E-state index >= 15 is 0 Å². The van der Waals surface area contributed by atoms with Crippen molar-refractivity contribution >= 4 is 27.3 Å². The van der Waals surface area contributed by atoms with Crippen molar-refractivity contribution in [2.24, 2.45) is 0 Å². The largest absolute Gasteiger partial charge is 0.306 e. The summed E-state index contributed by atoms with van der Waals surface area (Å²) in [4.78, 5) is 1.32. The number of hydrogen-bond acceptors (Lipinski definition) is 3. The summed E-state index contributed by atoms with van der Waals surface area (Å²) in [5, 5.41) is 10.1. The molecule has 0 aliphatic carbocycles. The van der Waals surface area contributed by atoms with Gasteiger partial charge in [-0.25, -0.2) is 0 Å². The Kier molecular flexibility index (Phi) is 4.97. The fourth-order valence-corrected chi connectivity index (χ4v) is 3.49. The molecule has 2 aromatic rings. The lowest BCUT2D eigenvalue weighted by Gasteiger charge is -2.14. The highest BCUT2D eigenvalue weighted by Gasteiger charge is 2.16. The first kappa shape index (κ1) is 13.8. The first-order chi connectivity index (χ1) is 8.74. The fourth-order valence-electron chi connectivity index (χ4n) is 1.95. The average molecular weight is 328 g/mol. The molecule has 0 saturated heterocycles. The normalized spacial score (nSPS) is 12.8. The van der Waals surface area contributed by atoms with Crippen molar-refractivity contribution in [3.05, 3.63) is 38.8 Å². The van der Waals surface area contributed by atoms with Crippen molar-refractivity contribution in [2.75, 3.05) is 6.54 Å². The van der Waals surface area contributed by atoms with Crippen molar-refractivity contribution in [1.82, 2.24) is 15.1 Å². The highest BCUT2D eigenvalue weighted by atomic mass is 79.9. The van der Waals surface area contributed by atoms with Gasteiger partial charge < -0.3 is 5.32 Å². The summed E-state index contributed by atoms with van der Waals surface area (Å²) in [5.74, 6) is 0. The van der Waals surface area contributed by atoms with E-state index in [0.29, 0.717) is 0 Å². The molecule has 3 nitrogen and oxygen atoms in total. The van der Waals surface area contributed by atoms with Crippen LogP contribution in [0.3, 0.4) is 0 Å². The molecule has 18 heavy (non-hydrogen) atoms. The van der Waals surface area contributed by atoms with Gasteiger partial charge in [-0.3, -0.25) is 4.68 Å². The van der Waals surface area contributed by atoms with E-state index in [0.717, 1.165) is 24.0 Å². The van der Waals surface area contributed by atoms with Gasteiger partial charge in [-0.2, -0.15) is 5.10 Å². The number of nitrogens with zero attached hydrogens (tertiary/aromatic N) is 2. The maximum Gasteiger partial charge on any atom is 0.0702 e. The Morgan fingerprint density at radius 1 is 1.50 bits per heavy atom. The van der Waals surface area contributed by atoms with Crippen LogP contribution in [0.2, 0.25) is 0 Å². The predicted molar refractivity (Wildman–Crippen MR) is 80.1 cm³/mol. The first-order valence-electron chi connectivity index (χ1n) is 6.24. The minimum absolute atomic E-state index is 0.247. The van der Waals surface area contributed by atoms with Gasteiger partial charge in [-0.15, -0.1) is 11.3 Å². The van der Waals surface area contributed by atoms with Crippen LogP contribution in [0.25, 0.3) is 0 Å². The van der Waals surface area contributed by atoms with Crippen LogP contribution in [0, 0.1) is 0 Å². The lowest BCUT2D eigenvalue weighted by Crippen LogP contribution is -2.20. The highest BCUT2D eigenvalue weighted by molar-refractivity contribution is 9.10. The number of nitrogens with one attached hydrogen (secondary N) is 1. The third kappa shape index (κ3) is 3.22. The molecular weight excluding hydrogens is 310 g/mol. The van der Waals surface area contributed by atoms with Crippen LogP contribution < -0.4 is 5.32 Å². The lowest BCUT2D eigenvalue weighted by molar-refractivity contribution is 0.598. The SMILES string of the molecule is CCCn1cc(C(NCC)c2cc(Br)cs2)cn1. The van der Waals surface area contributed by atoms with Gasteiger partial charge in [0.1, 0.15) is 0 Å². The lowest BCUT2D eigenvalue weighted by atomic mass is 10.1. The zero-order valence-corrected chi connectivity index (χ0v) is 13.1. The summed E-state index contributed by atoms with van der Waals surface area (Å²) in [6.45, 7) is 6.22. The summed E-state index contributed by atoms with van der Waals surface area (Å²) < 4.78 is 3.16. The Labute approximate surface area is 120 Å². The molecule has 1 N–H and O–H groups in total. The van der Waals surface area contributed by atoms with Gasteiger partial charge in [0.2, 0.25) is 0 Å². The van der Waals surface area contributed by atoms with Crippen LogP contribution in [0.4, 0.5) is 0 Å². The van der Waals surface area contributed by atoms with E-state index in [1.165, 1.54) is 10.4 Å². The molecule has 1 unspecified atom stereocenters. The standard InChI is InChI=1S/C13H18BrN3S/c1-3-5-17-8-10(7-16-17)13(15-4-2)12-6-11(14)9-18-12/h6-9,13,15H,3-5H2,1-2H3. The number of aryl methyl sites for hydroxylation is 1. The molecule has 0 aromatic carbocycles. The van der Waals surface area contributed by atoms with E-state index in [9.17, 15) is 0 Å². The summed E-state index contributed by atoms with van der Waals surface area (Å²) in [6, 6.07) is 2.42. The molecule has 5 heteroatoms. The highest BCUT2D eigenvalue weighted by Crippen LogP contribution is 2.29. The Morgan fingerprint density at radius 2 is 2.33 bits per heavy atom. The smallest absolute Gasteiger partial charge is 0.0702 e. The second-order valence-electron chi connectivity index (χ2n) is 4.19. The molecule has 2 heterocycles. The molecule has 0 saturated carbocycles. The zero-order chi connectivity index (χ0) is 13.0. The Bertz CT molecular complexity index is 492. The zero-order valence-electron chi connectivity index (χ0n) is 10.7. The van der Waals surface area contributed by atoms with E-state index < -0.39 is 0 Å². The monoisotopic (exact) mass is 327 g/mol. The van der Waals surface area contributed by atoms with Gasteiger partial charge in [0.25, 0.3) is 0 Å². The van der Waals surface area contributed by atoms with Gasteiger partial charge in [-0.05, 0) is 35.0 Å². The Morgan fingerprint density at radius 3 is 2.94 bits per heavy atom. The van der Waals surface area contributed by atoms with Crippen LogP contribution in [0.1, 0.15) is 36.8 Å². The number of hydrogen-bond donors (Lipinski definition) is 1. The van der Waals surface area contributed by atoms with Crippen molar-refractivity contribution in [1.29, 1.82) is 0 Å². The third-order valence-electron chi connectivity index (χ3n) is 2.72. The van der Waals surface area contributed by atoms with E-state index in [4.69, 9.17) is 0 Å². The topological polar surface area (TPSA) is 29.9 Å². The van der Waals surface area contributed by atoms with Crippen LogP contribution in [-0.4, -0.2) is 16.3 Å². The van der Waals surface area contributed by atoms with E-state index in [2.05, 4.69) is 57.8 Å². The molecule has 0 bridgehead atoms. The molecule has 0 aliphatic rings. The number of thiophene rings is 1. The molecular formula is C13H18BrN3S. The van der Waals surface area contributed by atoms with Crippen molar-refractivity contribution < 1.29 is 0 Å². The van der Waals surface area contributed by atoms with Gasteiger partial charge in [-0.1, -0.05) is 13.8 Å². The quantitative estimate of drug-likeness (QED) is 0.874. The van der Waals surface area contributed by atoms with Crippen molar-refractivity contribution in [3.63, 3.8) is 0 Å². The minimum atomic E-state index is 0.247. The van der Waals surface area contributed by atoms with Crippen molar-refractivity contribution in [3.8, 4) is 0 Å².